The number of halogens is 1. The summed E-state index contributed by atoms with van der Waals surface area (Å²) in [6.07, 6.45) is 0. The van der Waals surface area contributed by atoms with Gasteiger partial charge in [-0.3, -0.25) is 4.90 Å². The van der Waals surface area contributed by atoms with Gasteiger partial charge in [-0.1, -0.05) is 29.8 Å². The van der Waals surface area contributed by atoms with E-state index in [-0.39, 0.29) is 5.97 Å². The van der Waals surface area contributed by atoms with E-state index in [0.717, 1.165) is 12.1 Å². The highest BCUT2D eigenvalue weighted by Gasteiger charge is 2.29. The molecule has 0 bridgehead atoms. The number of nitrogens with zero attached hydrogens (tertiary/aromatic N) is 3. The highest BCUT2D eigenvalue weighted by molar-refractivity contribution is 7.09. The van der Waals surface area contributed by atoms with Crippen LogP contribution in [0.25, 0.3) is 11.3 Å². The Balaban J connectivity index is 1.69. The maximum absolute atomic E-state index is 12.6. The Hall–Kier alpha value is -2.35. The van der Waals surface area contributed by atoms with Crippen molar-refractivity contribution in [3.63, 3.8) is 0 Å². The van der Waals surface area contributed by atoms with Crippen LogP contribution in [0.5, 0.6) is 0 Å². The number of carbonyl (C=O) groups excluding carboxylic acids is 1. The standard InChI is InChI=1S/C19H19ClN4O2S/c1-2-26-19(25)16-17(13-5-7-14(20)8-6-13)22-24-12-23(11-21-18(16)24)10-15-4-3-9-27-15/h3-9,21H,2,10-12H2,1H3. The highest BCUT2D eigenvalue weighted by Crippen LogP contribution is 2.32. The Labute approximate surface area is 166 Å². The second kappa shape index (κ2) is 7.72. The van der Waals surface area contributed by atoms with Gasteiger partial charge in [-0.2, -0.15) is 5.10 Å². The largest absolute Gasteiger partial charge is 0.462 e. The zero-order valence-corrected chi connectivity index (χ0v) is 16.4. The minimum atomic E-state index is -0.372. The highest BCUT2D eigenvalue weighted by atomic mass is 35.5. The van der Waals surface area contributed by atoms with Gasteiger partial charge in [0, 0.05) is 22.0 Å². The first kappa shape index (κ1) is 18.0. The molecule has 0 unspecified atom stereocenters. The fourth-order valence-electron chi connectivity index (χ4n) is 3.11. The van der Waals surface area contributed by atoms with Gasteiger partial charge in [-0.05, 0) is 30.5 Å². The molecule has 2 aromatic heterocycles. The number of fused-ring (bicyclic) bond motifs is 1. The van der Waals surface area contributed by atoms with Crippen LogP contribution in [0.2, 0.25) is 5.02 Å². The van der Waals surface area contributed by atoms with E-state index in [9.17, 15) is 4.79 Å². The predicted molar refractivity (Wildman–Crippen MR) is 107 cm³/mol. The number of esters is 1. The molecule has 1 N–H and O–H groups in total. The molecule has 4 rings (SSSR count). The van der Waals surface area contributed by atoms with Crippen molar-refractivity contribution in [2.45, 2.75) is 20.1 Å². The lowest BCUT2D eigenvalue weighted by Crippen LogP contribution is -2.37. The maximum Gasteiger partial charge on any atom is 0.344 e. The summed E-state index contributed by atoms with van der Waals surface area (Å²) in [6, 6.07) is 11.5. The van der Waals surface area contributed by atoms with Crippen molar-refractivity contribution in [2.24, 2.45) is 0 Å². The van der Waals surface area contributed by atoms with E-state index in [0.29, 0.717) is 42.0 Å². The van der Waals surface area contributed by atoms with E-state index in [1.54, 1.807) is 30.4 Å². The average Bonchev–Trinajstić information content (AvgIpc) is 3.29. The average molecular weight is 403 g/mol. The molecular weight excluding hydrogens is 384 g/mol. The zero-order valence-electron chi connectivity index (χ0n) is 14.8. The molecule has 8 heteroatoms. The SMILES string of the molecule is CCOC(=O)c1c(-c2ccc(Cl)cc2)nn2c1NCN(Cc1cccs1)C2. The van der Waals surface area contributed by atoms with E-state index in [1.807, 2.05) is 22.9 Å². The van der Waals surface area contributed by atoms with E-state index in [1.165, 1.54) is 4.88 Å². The fraction of sp³-hybridized carbons (Fsp3) is 0.263. The van der Waals surface area contributed by atoms with Crippen molar-refractivity contribution in [2.75, 3.05) is 18.6 Å². The van der Waals surface area contributed by atoms with E-state index in [2.05, 4.69) is 21.7 Å². The molecule has 6 nitrogen and oxygen atoms in total. The summed E-state index contributed by atoms with van der Waals surface area (Å²) in [5.74, 6) is 0.323. The van der Waals surface area contributed by atoms with Crippen LogP contribution in [0.4, 0.5) is 5.82 Å². The molecule has 1 aliphatic rings. The van der Waals surface area contributed by atoms with Crippen LogP contribution in [-0.2, 0) is 18.0 Å². The van der Waals surface area contributed by atoms with E-state index >= 15 is 0 Å². The normalized spacial score (nSPS) is 13.9. The molecule has 0 amide bonds. The summed E-state index contributed by atoms with van der Waals surface area (Å²) in [6.45, 7) is 4.17. The van der Waals surface area contributed by atoms with Crippen molar-refractivity contribution in [3.8, 4) is 11.3 Å². The third-order valence-electron chi connectivity index (χ3n) is 4.31. The number of nitrogens with one attached hydrogen (secondary N) is 1. The minimum absolute atomic E-state index is 0.314. The van der Waals surface area contributed by atoms with Gasteiger partial charge < -0.3 is 10.1 Å². The molecule has 0 fully saturated rings. The summed E-state index contributed by atoms with van der Waals surface area (Å²) in [5.41, 5.74) is 1.90. The molecule has 0 saturated carbocycles. The smallest absolute Gasteiger partial charge is 0.344 e. The maximum atomic E-state index is 12.6. The van der Waals surface area contributed by atoms with Crippen LogP contribution in [-0.4, -0.2) is 33.9 Å². The van der Waals surface area contributed by atoms with Gasteiger partial charge in [0.05, 0.1) is 19.9 Å². The van der Waals surface area contributed by atoms with Crippen LogP contribution in [0.15, 0.2) is 41.8 Å². The molecule has 27 heavy (non-hydrogen) atoms. The van der Waals surface area contributed by atoms with Gasteiger partial charge in [0.25, 0.3) is 0 Å². The third-order valence-corrected chi connectivity index (χ3v) is 5.43. The molecule has 1 aliphatic heterocycles. The minimum Gasteiger partial charge on any atom is -0.462 e. The Kier molecular flexibility index (Phi) is 5.15. The van der Waals surface area contributed by atoms with Gasteiger partial charge in [0.1, 0.15) is 17.1 Å². The molecule has 0 aliphatic carbocycles. The third kappa shape index (κ3) is 3.71. The number of thiophene rings is 1. The van der Waals surface area contributed by atoms with Crippen LogP contribution >= 0.6 is 22.9 Å². The molecule has 0 radical (unpaired) electrons. The molecule has 3 heterocycles. The molecular formula is C19H19ClN4O2S. The van der Waals surface area contributed by atoms with Crippen molar-refractivity contribution in [1.82, 2.24) is 14.7 Å². The van der Waals surface area contributed by atoms with Crippen LogP contribution < -0.4 is 5.32 Å². The Morgan fingerprint density at radius 1 is 1.33 bits per heavy atom. The number of aromatic nitrogens is 2. The lowest BCUT2D eigenvalue weighted by atomic mass is 10.1. The zero-order chi connectivity index (χ0) is 18.8. The molecule has 140 valence electrons. The first-order chi connectivity index (χ1) is 13.2. The van der Waals surface area contributed by atoms with E-state index in [4.69, 9.17) is 21.4 Å². The topological polar surface area (TPSA) is 59.4 Å². The van der Waals surface area contributed by atoms with Gasteiger partial charge in [0.2, 0.25) is 0 Å². The van der Waals surface area contributed by atoms with Gasteiger partial charge in [-0.25, -0.2) is 9.48 Å². The van der Waals surface area contributed by atoms with Crippen LogP contribution in [0.1, 0.15) is 22.2 Å². The van der Waals surface area contributed by atoms with Crippen LogP contribution in [0, 0.1) is 0 Å². The molecule has 1 aromatic carbocycles. The quantitative estimate of drug-likeness (QED) is 0.645. The monoisotopic (exact) mass is 402 g/mol. The summed E-state index contributed by atoms with van der Waals surface area (Å²) < 4.78 is 7.11. The Morgan fingerprint density at radius 2 is 2.15 bits per heavy atom. The van der Waals surface area contributed by atoms with E-state index < -0.39 is 0 Å². The number of rotatable bonds is 5. The van der Waals surface area contributed by atoms with Gasteiger partial charge in [0.15, 0.2) is 0 Å². The number of hydrogen-bond donors (Lipinski definition) is 1. The predicted octanol–water partition coefficient (Wildman–Crippen LogP) is 4.28. The first-order valence-electron chi connectivity index (χ1n) is 8.68. The van der Waals surface area contributed by atoms with Crippen LogP contribution in [0.3, 0.4) is 0 Å². The summed E-state index contributed by atoms with van der Waals surface area (Å²) in [7, 11) is 0. The second-order valence-corrected chi connectivity index (χ2v) is 7.65. The molecule has 0 atom stereocenters. The summed E-state index contributed by atoms with van der Waals surface area (Å²) in [4.78, 5) is 16.1. The molecule has 0 spiro atoms. The van der Waals surface area contributed by atoms with Crippen molar-refractivity contribution in [3.05, 3.63) is 57.2 Å². The van der Waals surface area contributed by atoms with Crippen molar-refractivity contribution >= 4 is 34.7 Å². The molecule has 0 saturated heterocycles. The number of carbonyl (C=O) groups is 1. The fourth-order valence-corrected chi connectivity index (χ4v) is 3.98. The number of anilines is 1. The number of ether oxygens (including phenoxy) is 1. The lowest BCUT2D eigenvalue weighted by molar-refractivity contribution is 0.0527. The number of benzene rings is 1. The summed E-state index contributed by atoms with van der Waals surface area (Å²) >= 11 is 7.73. The lowest BCUT2D eigenvalue weighted by Gasteiger charge is -2.28. The van der Waals surface area contributed by atoms with Gasteiger partial charge >= 0.3 is 5.97 Å². The Morgan fingerprint density at radius 3 is 2.85 bits per heavy atom. The van der Waals surface area contributed by atoms with Gasteiger partial charge in [-0.15, -0.1) is 11.3 Å². The molecule has 3 aromatic rings. The van der Waals surface area contributed by atoms with Crippen molar-refractivity contribution < 1.29 is 9.53 Å². The number of hydrogen-bond acceptors (Lipinski definition) is 6. The first-order valence-corrected chi connectivity index (χ1v) is 9.94. The second-order valence-electron chi connectivity index (χ2n) is 6.18. The Bertz CT molecular complexity index is 938. The van der Waals surface area contributed by atoms with Crippen molar-refractivity contribution in [1.29, 1.82) is 0 Å². The summed E-state index contributed by atoms with van der Waals surface area (Å²) in [5, 5.41) is 10.8.